The van der Waals surface area contributed by atoms with Gasteiger partial charge in [-0.15, -0.1) is 0 Å². The number of hydrogen-bond donors (Lipinski definition) is 3. The number of amides is 1. The van der Waals surface area contributed by atoms with Crippen molar-refractivity contribution in [3.8, 4) is 0 Å². The highest BCUT2D eigenvalue weighted by molar-refractivity contribution is 5.76. The Balaban J connectivity index is 1.83. The lowest BCUT2D eigenvalue weighted by atomic mass is 10.2. The normalized spacial score (nSPS) is 14.8. The van der Waals surface area contributed by atoms with Crippen LogP contribution >= 0.6 is 0 Å². The van der Waals surface area contributed by atoms with Gasteiger partial charge in [0.1, 0.15) is 0 Å². The van der Waals surface area contributed by atoms with Gasteiger partial charge in [-0.3, -0.25) is 9.59 Å². The molecule has 0 aromatic rings. The van der Waals surface area contributed by atoms with Crippen molar-refractivity contribution in [3.63, 3.8) is 0 Å². The summed E-state index contributed by atoms with van der Waals surface area (Å²) < 4.78 is 0. The number of hydrogen-bond acceptors (Lipinski definition) is 3. The van der Waals surface area contributed by atoms with Crippen molar-refractivity contribution in [1.82, 2.24) is 10.6 Å². The van der Waals surface area contributed by atoms with Crippen LogP contribution in [0.25, 0.3) is 0 Å². The number of carbonyl (C=O) groups excluding carboxylic acids is 1. The third-order valence-corrected chi connectivity index (χ3v) is 2.50. The van der Waals surface area contributed by atoms with Crippen LogP contribution in [0.5, 0.6) is 0 Å². The predicted octanol–water partition coefficient (Wildman–Crippen LogP) is 0.500. The van der Waals surface area contributed by atoms with Gasteiger partial charge in [0.05, 0.1) is 0 Å². The van der Waals surface area contributed by atoms with Crippen molar-refractivity contribution in [2.45, 2.75) is 44.6 Å². The zero-order valence-electron chi connectivity index (χ0n) is 9.50. The molecule has 0 aromatic carbocycles. The third kappa shape index (κ3) is 7.23. The van der Waals surface area contributed by atoms with Crippen molar-refractivity contribution in [3.05, 3.63) is 0 Å². The maximum Gasteiger partial charge on any atom is 0.303 e. The standard InChI is InChI=1S/C11H20N2O3/c14-10(6-8-12-9-4-5-9)13-7-2-1-3-11(15)16/h9,12H,1-8H2,(H,13,14)(H,15,16). The Morgan fingerprint density at radius 1 is 1.12 bits per heavy atom. The van der Waals surface area contributed by atoms with Gasteiger partial charge in [0.25, 0.3) is 0 Å². The number of aliphatic carboxylic acids is 1. The van der Waals surface area contributed by atoms with Crippen LogP contribution in [0.1, 0.15) is 38.5 Å². The van der Waals surface area contributed by atoms with Crippen LogP contribution in [-0.4, -0.2) is 36.1 Å². The third-order valence-electron chi connectivity index (χ3n) is 2.50. The molecule has 92 valence electrons. The monoisotopic (exact) mass is 228 g/mol. The Bertz CT molecular complexity index is 239. The summed E-state index contributed by atoms with van der Waals surface area (Å²) in [4.78, 5) is 21.5. The average molecular weight is 228 g/mol. The Hall–Kier alpha value is -1.10. The van der Waals surface area contributed by atoms with E-state index in [9.17, 15) is 9.59 Å². The summed E-state index contributed by atoms with van der Waals surface area (Å²) in [5, 5.41) is 14.4. The van der Waals surface area contributed by atoms with E-state index >= 15 is 0 Å². The predicted molar refractivity (Wildman–Crippen MR) is 60.1 cm³/mol. The van der Waals surface area contributed by atoms with Gasteiger partial charge in [0, 0.05) is 32.0 Å². The molecule has 0 heterocycles. The quantitative estimate of drug-likeness (QED) is 0.502. The molecule has 3 N–H and O–H groups in total. The zero-order chi connectivity index (χ0) is 11.8. The Morgan fingerprint density at radius 2 is 1.88 bits per heavy atom. The second-order valence-electron chi connectivity index (χ2n) is 4.18. The smallest absolute Gasteiger partial charge is 0.303 e. The fourth-order valence-electron chi connectivity index (χ4n) is 1.39. The van der Waals surface area contributed by atoms with Gasteiger partial charge < -0.3 is 15.7 Å². The minimum atomic E-state index is -0.778. The van der Waals surface area contributed by atoms with Crippen LogP contribution in [0.2, 0.25) is 0 Å². The second kappa shape index (κ2) is 7.22. The van der Waals surface area contributed by atoms with Crippen LogP contribution in [0.4, 0.5) is 0 Å². The first kappa shape index (κ1) is 13.0. The van der Waals surface area contributed by atoms with E-state index < -0.39 is 5.97 Å². The SMILES string of the molecule is O=C(O)CCCCNC(=O)CCNC1CC1. The van der Waals surface area contributed by atoms with Crippen LogP contribution in [0, 0.1) is 0 Å². The molecule has 5 nitrogen and oxygen atoms in total. The highest BCUT2D eigenvalue weighted by Gasteiger charge is 2.19. The second-order valence-corrected chi connectivity index (χ2v) is 4.18. The highest BCUT2D eigenvalue weighted by atomic mass is 16.4. The number of unbranched alkanes of at least 4 members (excludes halogenated alkanes) is 1. The Morgan fingerprint density at radius 3 is 2.50 bits per heavy atom. The molecule has 0 bridgehead atoms. The van der Waals surface area contributed by atoms with Crippen molar-refractivity contribution in [2.75, 3.05) is 13.1 Å². The van der Waals surface area contributed by atoms with E-state index in [-0.39, 0.29) is 12.3 Å². The molecule has 0 saturated heterocycles. The molecular formula is C11H20N2O3. The summed E-state index contributed by atoms with van der Waals surface area (Å²) in [6.45, 7) is 1.32. The number of carbonyl (C=O) groups is 2. The summed E-state index contributed by atoms with van der Waals surface area (Å²) >= 11 is 0. The van der Waals surface area contributed by atoms with E-state index in [0.717, 1.165) is 13.0 Å². The first-order valence-corrected chi connectivity index (χ1v) is 5.90. The fraction of sp³-hybridized carbons (Fsp3) is 0.818. The van der Waals surface area contributed by atoms with Gasteiger partial charge in [0.2, 0.25) is 5.91 Å². The van der Waals surface area contributed by atoms with Gasteiger partial charge in [0.15, 0.2) is 0 Å². The molecule has 1 amide bonds. The largest absolute Gasteiger partial charge is 0.481 e. The van der Waals surface area contributed by atoms with Crippen molar-refractivity contribution < 1.29 is 14.7 Å². The Labute approximate surface area is 95.6 Å². The number of rotatable bonds is 9. The highest BCUT2D eigenvalue weighted by Crippen LogP contribution is 2.18. The molecule has 1 fully saturated rings. The minimum Gasteiger partial charge on any atom is -0.481 e. The van der Waals surface area contributed by atoms with Crippen LogP contribution < -0.4 is 10.6 Å². The molecule has 1 aliphatic rings. The number of carboxylic acid groups (broad SMARTS) is 1. The molecular weight excluding hydrogens is 208 g/mol. The maximum absolute atomic E-state index is 11.3. The molecule has 1 rings (SSSR count). The molecule has 0 unspecified atom stereocenters. The van der Waals surface area contributed by atoms with E-state index in [1.807, 2.05) is 0 Å². The molecule has 0 aromatic heterocycles. The van der Waals surface area contributed by atoms with Gasteiger partial charge in [-0.25, -0.2) is 0 Å². The minimum absolute atomic E-state index is 0.0449. The molecule has 0 spiro atoms. The summed E-state index contributed by atoms with van der Waals surface area (Å²) in [5.74, 6) is -0.733. The molecule has 0 atom stereocenters. The van der Waals surface area contributed by atoms with E-state index in [2.05, 4.69) is 10.6 Å². The molecule has 0 aliphatic heterocycles. The van der Waals surface area contributed by atoms with Crippen molar-refractivity contribution in [1.29, 1.82) is 0 Å². The first-order valence-electron chi connectivity index (χ1n) is 5.90. The summed E-state index contributed by atoms with van der Waals surface area (Å²) in [5.41, 5.74) is 0. The molecule has 1 aliphatic carbocycles. The molecule has 5 heteroatoms. The van der Waals surface area contributed by atoms with Gasteiger partial charge in [-0.05, 0) is 25.7 Å². The first-order chi connectivity index (χ1) is 7.68. The van der Waals surface area contributed by atoms with Crippen molar-refractivity contribution in [2.24, 2.45) is 0 Å². The summed E-state index contributed by atoms with van der Waals surface area (Å²) in [7, 11) is 0. The van der Waals surface area contributed by atoms with Gasteiger partial charge in [-0.1, -0.05) is 0 Å². The van der Waals surface area contributed by atoms with E-state index in [1.54, 1.807) is 0 Å². The molecule has 16 heavy (non-hydrogen) atoms. The van der Waals surface area contributed by atoms with Gasteiger partial charge in [-0.2, -0.15) is 0 Å². The number of nitrogens with one attached hydrogen (secondary N) is 2. The number of carboxylic acids is 1. The fourth-order valence-corrected chi connectivity index (χ4v) is 1.39. The van der Waals surface area contributed by atoms with E-state index in [4.69, 9.17) is 5.11 Å². The lowest BCUT2D eigenvalue weighted by Crippen LogP contribution is -2.29. The van der Waals surface area contributed by atoms with Gasteiger partial charge >= 0.3 is 5.97 Å². The van der Waals surface area contributed by atoms with E-state index in [1.165, 1.54) is 12.8 Å². The summed E-state index contributed by atoms with van der Waals surface area (Å²) in [6.07, 6.45) is 4.51. The maximum atomic E-state index is 11.3. The molecule has 1 saturated carbocycles. The van der Waals surface area contributed by atoms with Crippen LogP contribution in [-0.2, 0) is 9.59 Å². The topological polar surface area (TPSA) is 78.4 Å². The summed E-state index contributed by atoms with van der Waals surface area (Å²) in [6, 6.07) is 0.642. The molecule has 0 radical (unpaired) electrons. The lowest BCUT2D eigenvalue weighted by Gasteiger charge is -2.05. The lowest BCUT2D eigenvalue weighted by molar-refractivity contribution is -0.137. The zero-order valence-corrected chi connectivity index (χ0v) is 9.50. The average Bonchev–Trinajstić information content (AvgIpc) is 3.00. The Kier molecular flexibility index (Phi) is 5.85. The van der Waals surface area contributed by atoms with Crippen molar-refractivity contribution >= 4 is 11.9 Å². The van der Waals surface area contributed by atoms with E-state index in [0.29, 0.717) is 25.4 Å². The van der Waals surface area contributed by atoms with Crippen LogP contribution in [0.15, 0.2) is 0 Å². The van der Waals surface area contributed by atoms with Crippen LogP contribution in [0.3, 0.4) is 0 Å².